The van der Waals surface area contributed by atoms with Gasteiger partial charge in [0.15, 0.2) is 0 Å². The summed E-state index contributed by atoms with van der Waals surface area (Å²) in [6, 6.07) is 14.1. The zero-order valence-electron chi connectivity index (χ0n) is 15.0. The van der Waals surface area contributed by atoms with Crippen molar-refractivity contribution in [2.45, 2.75) is 12.5 Å². The molecule has 1 aliphatic heterocycles. The minimum Gasteiger partial charge on any atom is -0.497 e. The number of carbonyl (C=O) groups is 2. The smallest absolute Gasteiger partial charge is 0.251 e. The molecule has 8 heteroatoms. The maximum Gasteiger partial charge on any atom is 0.251 e. The highest BCUT2D eigenvalue weighted by atomic mass is 79.9. The molecule has 142 valence electrons. The molecule has 0 aliphatic carbocycles. The number of fused-ring (bicyclic) bond motifs is 1. The van der Waals surface area contributed by atoms with Gasteiger partial charge < -0.3 is 15.4 Å². The number of amides is 2. The molecule has 28 heavy (non-hydrogen) atoms. The number of halogens is 1. The molecule has 3 aromatic rings. The fourth-order valence-electron chi connectivity index (χ4n) is 3.14. The third kappa shape index (κ3) is 3.50. The van der Waals surface area contributed by atoms with Crippen molar-refractivity contribution in [3.05, 3.63) is 59.2 Å². The first-order valence-corrected chi connectivity index (χ1v) is 9.42. The molecule has 2 amide bonds. The molecule has 1 atom stereocenters. The standard InChI is InChI=1S/C20H17BrN4O3/c1-28-15-4-2-3-12(9-15)16-11-22-25-17(20(27)24-19(16)25)10-18(26)23-14-7-5-13(21)6-8-14/h2-9,11,17H,10H2,1H3,(H,23,26)(H,24,27). The van der Waals surface area contributed by atoms with E-state index < -0.39 is 6.04 Å². The van der Waals surface area contributed by atoms with E-state index in [1.807, 2.05) is 36.4 Å². The number of benzene rings is 2. The quantitative estimate of drug-likeness (QED) is 0.630. The van der Waals surface area contributed by atoms with Crippen molar-refractivity contribution >= 4 is 39.2 Å². The van der Waals surface area contributed by atoms with Crippen LogP contribution in [-0.4, -0.2) is 28.7 Å². The highest BCUT2D eigenvalue weighted by Gasteiger charge is 2.35. The lowest BCUT2D eigenvalue weighted by atomic mass is 10.1. The summed E-state index contributed by atoms with van der Waals surface area (Å²) in [5.41, 5.74) is 2.33. The zero-order chi connectivity index (χ0) is 19.7. The molecule has 2 N–H and O–H groups in total. The molecule has 4 rings (SSSR count). The van der Waals surface area contributed by atoms with Crippen molar-refractivity contribution in [1.82, 2.24) is 9.78 Å². The summed E-state index contributed by atoms with van der Waals surface area (Å²) in [6.45, 7) is 0. The lowest BCUT2D eigenvalue weighted by Gasteiger charge is -2.10. The molecule has 1 aromatic heterocycles. The van der Waals surface area contributed by atoms with Crippen molar-refractivity contribution in [3.63, 3.8) is 0 Å². The molecule has 0 saturated carbocycles. The molecule has 1 aliphatic rings. The van der Waals surface area contributed by atoms with Gasteiger partial charge in [0.05, 0.1) is 19.7 Å². The van der Waals surface area contributed by atoms with Crippen molar-refractivity contribution in [1.29, 1.82) is 0 Å². The van der Waals surface area contributed by atoms with Crippen molar-refractivity contribution in [3.8, 4) is 16.9 Å². The minimum absolute atomic E-state index is 0.00583. The highest BCUT2D eigenvalue weighted by Crippen LogP contribution is 2.36. The number of rotatable bonds is 5. The first-order chi connectivity index (χ1) is 13.5. The monoisotopic (exact) mass is 440 g/mol. The van der Waals surface area contributed by atoms with Gasteiger partial charge in [-0.05, 0) is 42.0 Å². The fourth-order valence-corrected chi connectivity index (χ4v) is 3.40. The zero-order valence-corrected chi connectivity index (χ0v) is 16.6. The van der Waals surface area contributed by atoms with Crippen LogP contribution in [0.5, 0.6) is 5.75 Å². The van der Waals surface area contributed by atoms with Gasteiger partial charge in [0.1, 0.15) is 17.6 Å². The van der Waals surface area contributed by atoms with Gasteiger partial charge in [-0.1, -0.05) is 28.1 Å². The molecule has 0 fully saturated rings. The predicted molar refractivity (Wildman–Crippen MR) is 109 cm³/mol. The second kappa shape index (κ2) is 7.47. The van der Waals surface area contributed by atoms with Crippen LogP contribution < -0.4 is 15.4 Å². The summed E-state index contributed by atoms with van der Waals surface area (Å²) in [5.74, 6) is 0.791. The first kappa shape index (κ1) is 18.2. The molecular weight excluding hydrogens is 424 g/mol. The first-order valence-electron chi connectivity index (χ1n) is 8.63. The second-order valence-corrected chi connectivity index (χ2v) is 7.26. The molecule has 0 spiro atoms. The fraction of sp³-hybridized carbons (Fsp3) is 0.150. The normalized spacial score (nSPS) is 15.1. The maximum absolute atomic E-state index is 12.4. The second-order valence-electron chi connectivity index (χ2n) is 6.35. The van der Waals surface area contributed by atoms with Gasteiger partial charge in [0.2, 0.25) is 5.91 Å². The SMILES string of the molecule is COc1cccc(-c2cnn3c2NC(=O)C3CC(=O)Nc2ccc(Br)cc2)c1. The molecule has 7 nitrogen and oxygen atoms in total. The Labute approximate surface area is 169 Å². The number of hydrogen-bond donors (Lipinski definition) is 2. The molecule has 0 saturated heterocycles. The van der Waals surface area contributed by atoms with Crippen LogP contribution in [0, 0.1) is 0 Å². The van der Waals surface area contributed by atoms with Crippen LogP contribution in [0.1, 0.15) is 12.5 Å². The average molecular weight is 441 g/mol. The van der Waals surface area contributed by atoms with Crippen LogP contribution in [0.3, 0.4) is 0 Å². The number of nitrogens with zero attached hydrogens (tertiary/aromatic N) is 2. The number of methoxy groups -OCH3 is 1. The van der Waals surface area contributed by atoms with Crippen molar-refractivity contribution < 1.29 is 14.3 Å². The third-order valence-corrected chi connectivity index (χ3v) is 5.05. The summed E-state index contributed by atoms with van der Waals surface area (Å²) in [6.07, 6.45) is 1.68. The van der Waals surface area contributed by atoms with E-state index in [2.05, 4.69) is 31.7 Å². The number of aromatic nitrogens is 2. The number of hydrogen-bond acceptors (Lipinski definition) is 4. The average Bonchev–Trinajstić information content (AvgIpc) is 3.23. The molecular formula is C20H17BrN4O3. The largest absolute Gasteiger partial charge is 0.497 e. The van der Waals surface area contributed by atoms with E-state index in [0.717, 1.165) is 15.6 Å². The van der Waals surface area contributed by atoms with E-state index in [1.54, 1.807) is 30.1 Å². The Morgan fingerprint density at radius 2 is 2.07 bits per heavy atom. The number of anilines is 2. The van der Waals surface area contributed by atoms with Gasteiger partial charge in [-0.15, -0.1) is 0 Å². The van der Waals surface area contributed by atoms with Crippen LogP contribution in [0.2, 0.25) is 0 Å². The molecule has 0 bridgehead atoms. The molecule has 1 unspecified atom stereocenters. The Hall–Kier alpha value is -3.13. The number of nitrogens with one attached hydrogen (secondary N) is 2. The van der Waals surface area contributed by atoms with E-state index in [9.17, 15) is 9.59 Å². The van der Waals surface area contributed by atoms with Gasteiger partial charge in [0.25, 0.3) is 5.91 Å². The Morgan fingerprint density at radius 1 is 1.29 bits per heavy atom. The molecule has 2 heterocycles. The number of carbonyl (C=O) groups excluding carboxylic acids is 2. The van der Waals surface area contributed by atoms with Gasteiger partial charge in [-0.25, -0.2) is 4.68 Å². The van der Waals surface area contributed by atoms with Crippen LogP contribution in [0.4, 0.5) is 11.5 Å². The van der Waals surface area contributed by atoms with Crippen LogP contribution >= 0.6 is 15.9 Å². The maximum atomic E-state index is 12.4. The van der Waals surface area contributed by atoms with E-state index in [1.165, 1.54) is 0 Å². The van der Waals surface area contributed by atoms with E-state index in [0.29, 0.717) is 17.3 Å². The minimum atomic E-state index is -0.690. The predicted octanol–water partition coefficient (Wildman–Crippen LogP) is 3.84. The van der Waals surface area contributed by atoms with Crippen LogP contribution in [-0.2, 0) is 9.59 Å². The molecule has 2 aromatic carbocycles. The van der Waals surface area contributed by atoms with Crippen molar-refractivity contribution in [2.75, 3.05) is 17.7 Å². The van der Waals surface area contributed by atoms with E-state index in [4.69, 9.17) is 4.74 Å². The third-order valence-electron chi connectivity index (χ3n) is 4.52. The van der Waals surface area contributed by atoms with E-state index >= 15 is 0 Å². The lowest BCUT2D eigenvalue weighted by Crippen LogP contribution is -2.23. The summed E-state index contributed by atoms with van der Waals surface area (Å²) in [4.78, 5) is 24.9. The topological polar surface area (TPSA) is 85.2 Å². The molecule has 0 radical (unpaired) electrons. The summed E-state index contributed by atoms with van der Waals surface area (Å²) in [7, 11) is 1.60. The Balaban J connectivity index is 1.54. The summed E-state index contributed by atoms with van der Waals surface area (Å²) in [5, 5.41) is 9.99. The van der Waals surface area contributed by atoms with Gasteiger partial charge in [0, 0.05) is 15.7 Å². The highest BCUT2D eigenvalue weighted by molar-refractivity contribution is 9.10. The summed E-state index contributed by atoms with van der Waals surface area (Å²) >= 11 is 3.35. The van der Waals surface area contributed by atoms with Crippen LogP contribution in [0.15, 0.2) is 59.2 Å². The van der Waals surface area contributed by atoms with Crippen LogP contribution in [0.25, 0.3) is 11.1 Å². The van der Waals surface area contributed by atoms with Gasteiger partial charge in [-0.3, -0.25) is 9.59 Å². The Kier molecular flexibility index (Phi) is 4.87. The van der Waals surface area contributed by atoms with Gasteiger partial charge >= 0.3 is 0 Å². The van der Waals surface area contributed by atoms with Gasteiger partial charge in [-0.2, -0.15) is 5.10 Å². The number of ether oxygens (including phenoxy) is 1. The summed E-state index contributed by atoms with van der Waals surface area (Å²) < 4.78 is 7.75. The lowest BCUT2D eigenvalue weighted by molar-refractivity contribution is -0.123. The Morgan fingerprint density at radius 3 is 2.82 bits per heavy atom. The Bertz CT molecular complexity index is 1050. The van der Waals surface area contributed by atoms with E-state index in [-0.39, 0.29) is 18.2 Å². The van der Waals surface area contributed by atoms with Crippen molar-refractivity contribution in [2.24, 2.45) is 0 Å².